The lowest BCUT2D eigenvalue weighted by Crippen LogP contribution is -2.40. The van der Waals surface area contributed by atoms with Crippen molar-refractivity contribution in [1.82, 2.24) is 9.21 Å². The second kappa shape index (κ2) is 6.72. The highest BCUT2D eigenvalue weighted by atomic mass is 32.2. The van der Waals surface area contributed by atoms with Crippen LogP contribution in [0.3, 0.4) is 0 Å². The van der Waals surface area contributed by atoms with Gasteiger partial charge in [0.2, 0.25) is 15.9 Å². The molecule has 1 aliphatic carbocycles. The molecule has 1 saturated carbocycles. The number of amides is 1. The Balaban J connectivity index is 1.44. The minimum atomic E-state index is -3.28. The fourth-order valence-corrected chi connectivity index (χ4v) is 6.59. The fourth-order valence-electron chi connectivity index (χ4n) is 4.37. The highest BCUT2D eigenvalue weighted by Gasteiger charge is 2.47. The molecule has 5 nitrogen and oxygen atoms in total. The number of sulfonamides is 1. The van der Waals surface area contributed by atoms with E-state index in [0.29, 0.717) is 32.6 Å². The third-order valence-electron chi connectivity index (χ3n) is 6.13. The molecule has 2 aliphatic heterocycles. The van der Waals surface area contributed by atoms with Gasteiger partial charge in [-0.15, -0.1) is 0 Å². The Bertz CT molecular complexity index is 730. The van der Waals surface area contributed by atoms with Gasteiger partial charge in [0.25, 0.3) is 0 Å². The molecule has 25 heavy (non-hydrogen) atoms. The fraction of sp³-hybridized carbons (Fsp3) is 0.632. The van der Waals surface area contributed by atoms with Crippen molar-refractivity contribution in [2.24, 2.45) is 11.8 Å². The molecule has 1 amide bonds. The van der Waals surface area contributed by atoms with Crippen LogP contribution < -0.4 is 0 Å². The molecule has 0 bridgehead atoms. The molecule has 4 rings (SSSR count). The minimum Gasteiger partial charge on any atom is -0.342 e. The van der Waals surface area contributed by atoms with Crippen molar-refractivity contribution in [3.05, 3.63) is 35.9 Å². The van der Waals surface area contributed by atoms with E-state index in [9.17, 15) is 13.2 Å². The van der Waals surface area contributed by atoms with Crippen molar-refractivity contribution < 1.29 is 13.2 Å². The van der Waals surface area contributed by atoms with Crippen molar-refractivity contribution in [1.29, 1.82) is 0 Å². The van der Waals surface area contributed by atoms with Gasteiger partial charge >= 0.3 is 0 Å². The highest BCUT2D eigenvalue weighted by molar-refractivity contribution is 7.90. The number of hydrogen-bond donors (Lipinski definition) is 0. The van der Waals surface area contributed by atoms with E-state index in [2.05, 4.69) is 0 Å². The van der Waals surface area contributed by atoms with Gasteiger partial charge in [-0.1, -0.05) is 36.8 Å². The lowest BCUT2D eigenvalue weighted by atomic mass is 9.84. The molecule has 0 spiro atoms. The van der Waals surface area contributed by atoms with E-state index in [1.54, 1.807) is 4.31 Å². The van der Waals surface area contributed by atoms with E-state index in [1.165, 1.54) is 0 Å². The molecule has 0 unspecified atom stereocenters. The Hall–Kier alpha value is -1.40. The molecule has 1 aromatic carbocycles. The predicted octanol–water partition coefficient (Wildman–Crippen LogP) is 2.24. The van der Waals surface area contributed by atoms with Crippen LogP contribution in [0, 0.1) is 11.8 Å². The van der Waals surface area contributed by atoms with Crippen LogP contribution >= 0.6 is 0 Å². The van der Waals surface area contributed by atoms with Gasteiger partial charge in [-0.3, -0.25) is 4.79 Å². The van der Waals surface area contributed by atoms with E-state index in [0.717, 1.165) is 31.2 Å². The van der Waals surface area contributed by atoms with Crippen LogP contribution in [-0.4, -0.2) is 48.4 Å². The smallest absolute Gasteiger partial charge is 0.225 e. The number of rotatable bonds is 3. The molecule has 0 radical (unpaired) electrons. The first-order chi connectivity index (χ1) is 12.1. The average Bonchev–Trinajstić information content (AvgIpc) is 2.70. The average molecular weight is 362 g/mol. The van der Waals surface area contributed by atoms with Crippen LogP contribution in [0.4, 0.5) is 0 Å². The second-order valence-corrected chi connectivity index (χ2v) is 9.80. The van der Waals surface area contributed by atoms with Gasteiger partial charge in [0.05, 0.1) is 5.25 Å². The summed E-state index contributed by atoms with van der Waals surface area (Å²) in [6.07, 6.45) is 4.54. The Labute approximate surface area is 150 Å². The summed E-state index contributed by atoms with van der Waals surface area (Å²) in [6, 6.07) is 9.78. The Morgan fingerprint density at radius 3 is 2.44 bits per heavy atom. The molecule has 3 aliphatic rings. The Morgan fingerprint density at radius 2 is 1.76 bits per heavy atom. The first-order valence-corrected chi connectivity index (χ1v) is 10.9. The number of carbonyl (C=O) groups is 1. The van der Waals surface area contributed by atoms with E-state index >= 15 is 0 Å². The second-order valence-electron chi connectivity index (χ2n) is 7.65. The van der Waals surface area contributed by atoms with E-state index in [1.807, 2.05) is 35.2 Å². The highest BCUT2D eigenvalue weighted by Crippen LogP contribution is 2.36. The lowest BCUT2D eigenvalue weighted by Gasteiger charge is -2.31. The summed E-state index contributed by atoms with van der Waals surface area (Å²) in [5.41, 5.74) is 1.03. The molecule has 2 heterocycles. The first-order valence-electron chi connectivity index (χ1n) is 9.37. The Kier molecular flexibility index (Phi) is 4.58. The zero-order chi connectivity index (χ0) is 17.4. The lowest BCUT2D eigenvalue weighted by molar-refractivity contribution is -0.138. The van der Waals surface area contributed by atoms with Crippen molar-refractivity contribution in [2.75, 3.05) is 19.6 Å². The van der Waals surface area contributed by atoms with Gasteiger partial charge in [0.15, 0.2) is 0 Å². The van der Waals surface area contributed by atoms with Crippen LogP contribution in [0.25, 0.3) is 0 Å². The monoisotopic (exact) mass is 362 g/mol. The molecule has 136 valence electrons. The van der Waals surface area contributed by atoms with Gasteiger partial charge in [0.1, 0.15) is 0 Å². The zero-order valence-electron chi connectivity index (χ0n) is 14.5. The van der Waals surface area contributed by atoms with Crippen molar-refractivity contribution >= 4 is 15.9 Å². The predicted molar refractivity (Wildman–Crippen MR) is 96.2 cm³/mol. The van der Waals surface area contributed by atoms with Crippen molar-refractivity contribution in [3.63, 3.8) is 0 Å². The number of carbonyl (C=O) groups excluding carboxylic acids is 1. The maximum absolute atomic E-state index is 13.0. The summed E-state index contributed by atoms with van der Waals surface area (Å²) in [5, 5.41) is -0.324. The first kappa shape index (κ1) is 17.0. The molecule has 1 aromatic rings. The van der Waals surface area contributed by atoms with E-state index < -0.39 is 10.0 Å². The quantitative estimate of drug-likeness (QED) is 0.829. The summed E-state index contributed by atoms with van der Waals surface area (Å²) in [5.74, 6) is 0.599. The normalized spacial score (nSPS) is 29.7. The number of benzene rings is 1. The Morgan fingerprint density at radius 1 is 1.04 bits per heavy atom. The van der Waals surface area contributed by atoms with E-state index in [4.69, 9.17) is 0 Å². The van der Waals surface area contributed by atoms with Crippen LogP contribution in [0.2, 0.25) is 0 Å². The zero-order valence-corrected chi connectivity index (χ0v) is 15.3. The van der Waals surface area contributed by atoms with Gasteiger partial charge in [-0.2, -0.15) is 4.31 Å². The van der Waals surface area contributed by atoms with E-state index in [-0.39, 0.29) is 23.0 Å². The van der Waals surface area contributed by atoms with Gasteiger partial charge in [0, 0.05) is 32.1 Å². The molecule has 2 atom stereocenters. The van der Waals surface area contributed by atoms with Gasteiger partial charge < -0.3 is 4.90 Å². The third-order valence-corrected chi connectivity index (χ3v) is 8.51. The third kappa shape index (κ3) is 3.22. The van der Waals surface area contributed by atoms with Crippen LogP contribution in [-0.2, 0) is 21.4 Å². The molecule has 3 fully saturated rings. The number of fused-ring (bicyclic) bond motifs is 1. The summed E-state index contributed by atoms with van der Waals surface area (Å²) in [7, 11) is -3.28. The maximum Gasteiger partial charge on any atom is 0.225 e. The summed E-state index contributed by atoms with van der Waals surface area (Å²) >= 11 is 0. The maximum atomic E-state index is 13.0. The summed E-state index contributed by atoms with van der Waals surface area (Å²) < 4.78 is 27.6. The minimum absolute atomic E-state index is 0.146. The van der Waals surface area contributed by atoms with Crippen molar-refractivity contribution in [2.45, 2.75) is 43.9 Å². The SMILES string of the molecule is O=C(C1CCC1)N1CC[C@@H]2CN(Cc3ccccc3)S(=O)(=O)[C@@H]2CC1. The standard InChI is InChI=1S/C19H26N2O3S/c22-19(16-7-4-8-16)20-11-9-17-14-21(13-15-5-2-1-3-6-15)25(23,24)18(17)10-12-20/h1-3,5-6,16-18H,4,7-14H2/t17-,18-/m1/s1. The van der Waals surface area contributed by atoms with Crippen LogP contribution in [0.15, 0.2) is 30.3 Å². The van der Waals surface area contributed by atoms with Gasteiger partial charge in [-0.05, 0) is 37.2 Å². The van der Waals surface area contributed by atoms with Gasteiger partial charge in [-0.25, -0.2) is 8.42 Å². The largest absolute Gasteiger partial charge is 0.342 e. The molecule has 6 heteroatoms. The molecule has 2 saturated heterocycles. The molecule has 0 N–H and O–H groups in total. The molecular formula is C19H26N2O3S. The van der Waals surface area contributed by atoms with Crippen LogP contribution in [0.5, 0.6) is 0 Å². The van der Waals surface area contributed by atoms with Crippen LogP contribution in [0.1, 0.15) is 37.7 Å². The van der Waals surface area contributed by atoms with Crippen molar-refractivity contribution in [3.8, 4) is 0 Å². The number of likely N-dealkylation sites (tertiary alicyclic amines) is 1. The molecular weight excluding hydrogens is 336 g/mol. The molecule has 0 aromatic heterocycles. The number of nitrogens with zero attached hydrogens (tertiary/aromatic N) is 2. The summed E-state index contributed by atoms with van der Waals surface area (Å²) in [4.78, 5) is 14.4. The summed E-state index contributed by atoms with van der Waals surface area (Å²) in [6.45, 7) is 2.36. The number of hydrogen-bond acceptors (Lipinski definition) is 3. The topological polar surface area (TPSA) is 57.7 Å².